The van der Waals surface area contributed by atoms with Gasteiger partial charge in [-0.2, -0.15) is 0 Å². The van der Waals surface area contributed by atoms with E-state index < -0.39 is 11.9 Å². The topological polar surface area (TPSA) is 29.5 Å². The fraction of sp³-hybridized carbons (Fsp3) is 0.143. The molecule has 2 nitrogen and oxygen atoms in total. The summed E-state index contributed by atoms with van der Waals surface area (Å²) in [6.45, 7) is 1.68. The fourth-order valence-corrected chi connectivity index (χ4v) is 1.61. The first-order chi connectivity index (χ1) is 8.56. The molecule has 0 bridgehead atoms. The zero-order valence-electron chi connectivity index (χ0n) is 9.73. The second-order valence-corrected chi connectivity index (χ2v) is 4.33. The highest BCUT2D eigenvalue weighted by Gasteiger charge is 2.04. The highest BCUT2D eigenvalue weighted by atomic mass is 35.5. The second-order valence-electron chi connectivity index (χ2n) is 3.92. The first-order valence-electron chi connectivity index (χ1n) is 5.47. The Morgan fingerprint density at radius 3 is 2.28 bits per heavy atom. The predicted molar refractivity (Wildman–Crippen MR) is 68.6 cm³/mol. The van der Waals surface area contributed by atoms with E-state index in [1.54, 1.807) is 37.3 Å². The SMILES string of the molecule is CC(O)c1ccc(Oc2ccc(Cl)c(F)c2)cc1. The Hall–Kier alpha value is -1.58. The molecule has 0 aliphatic carbocycles. The van der Waals surface area contributed by atoms with Gasteiger partial charge in [-0.25, -0.2) is 4.39 Å². The molecule has 0 saturated carbocycles. The van der Waals surface area contributed by atoms with Crippen LogP contribution in [0.1, 0.15) is 18.6 Å². The molecule has 1 N–H and O–H groups in total. The lowest BCUT2D eigenvalue weighted by atomic mass is 10.1. The zero-order chi connectivity index (χ0) is 13.1. The summed E-state index contributed by atoms with van der Waals surface area (Å²) in [7, 11) is 0. The molecule has 94 valence electrons. The summed E-state index contributed by atoms with van der Waals surface area (Å²) in [5.41, 5.74) is 0.796. The second kappa shape index (κ2) is 5.38. The van der Waals surface area contributed by atoms with Crippen molar-refractivity contribution in [2.75, 3.05) is 0 Å². The summed E-state index contributed by atoms with van der Waals surface area (Å²) in [5, 5.41) is 9.43. The monoisotopic (exact) mass is 266 g/mol. The van der Waals surface area contributed by atoms with E-state index >= 15 is 0 Å². The summed E-state index contributed by atoms with van der Waals surface area (Å²) in [6.07, 6.45) is -0.521. The van der Waals surface area contributed by atoms with Crippen LogP contribution in [-0.4, -0.2) is 5.11 Å². The lowest BCUT2D eigenvalue weighted by Gasteiger charge is -2.08. The molecule has 18 heavy (non-hydrogen) atoms. The van der Waals surface area contributed by atoms with Crippen LogP contribution in [0.2, 0.25) is 5.02 Å². The van der Waals surface area contributed by atoms with Crippen molar-refractivity contribution in [2.45, 2.75) is 13.0 Å². The maximum atomic E-state index is 13.2. The van der Waals surface area contributed by atoms with Gasteiger partial charge in [0.1, 0.15) is 17.3 Å². The molecule has 0 aliphatic heterocycles. The molecule has 0 aliphatic rings. The van der Waals surface area contributed by atoms with Crippen molar-refractivity contribution in [3.8, 4) is 11.5 Å². The third-order valence-electron chi connectivity index (χ3n) is 2.49. The molecule has 2 aromatic carbocycles. The predicted octanol–water partition coefficient (Wildman–Crippen LogP) is 4.32. The number of hydrogen-bond acceptors (Lipinski definition) is 2. The fourth-order valence-electron chi connectivity index (χ4n) is 1.49. The molecule has 0 spiro atoms. The number of aliphatic hydroxyl groups excluding tert-OH is 1. The first-order valence-corrected chi connectivity index (χ1v) is 5.85. The minimum absolute atomic E-state index is 0.0619. The van der Waals surface area contributed by atoms with Gasteiger partial charge in [-0.05, 0) is 36.8 Å². The van der Waals surface area contributed by atoms with Gasteiger partial charge in [0.2, 0.25) is 0 Å². The molecule has 0 fully saturated rings. The Kier molecular flexibility index (Phi) is 3.84. The minimum Gasteiger partial charge on any atom is -0.457 e. The van der Waals surface area contributed by atoms with E-state index in [1.807, 2.05) is 0 Å². The Balaban J connectivity index is 2.15. The van der Waals surface area contributed by atoms with E-state index in [1.165, 1.54) is 12.1 Å². The van der Waals surface area contributed by atoms with Crippen LogP contribution in [0.3, 0.4) is 0 Å². The van der Waals surface area contributed by atoms with E-state index in [-0.39, 0.29) is 5.02 Å². The number of ether oxygens (including phenoxy) is 1. The molecule has 1 atom stereocenters. The summed E-state index contributed by atoms with van der Waals surface area (Å²) >= 11 is 5.58. The van der Waals surface area contributed by atoms with Gasteiger partial charge in [0.15, 0.2) is 0 Å². The van der Waals surface area contributed by atoms with Crippen LogP contribution in [0.25, 0.3) is 0 Å². The molecule has 2 rings (SSSR count). The van der Waals surface area contributed by atoms with Crippen molar-refractivity contribution in [3.63, 3.8) is 0 Å². The Labute approximate surface area is 110 Å². The lowest BCUT2D eigenvalue weighted by Crippen LogP contribution is -1.91. The van der Waals surface area contributed by atoms with Gasteiger partial charge in [-0.15, -0.1) is 0 Å². The average molecular weight is 267 g/mol. The average Bonchev–Trinajstić information content (AvgIpc) is 2.34. The number of benzene rings is 2. The van der Waals surface area contributed by atoms with Gasteiger partial charge in [0.25, 0.3) is 0 Å². The van der Waals surface area contributed by atoms with Crippen molar-refractivity contribution in [1.82, 2.24) is 0 Å². The van der Waals surface area contributed by atoms with Crippen LogP contribution in [0, 0.1) is 5.82 Å². The molecule has 1 unspecified atom stereocenters. The third kappa shape index (κ3) is 3.00. The molecule has 0 aromatic heterocycles. The zero-order valence-corrected chi connectivity index (χ0v) is 10.5. The van der Waals surface area contributed by atoms with Crippen LogP contribution in [0.15, 0.2) is 42.5 Å². The van der Waals surface area contributed by atoms with E-state index in [0.717, 1.165) is 5.56 Å². The quantitative estimate of drug-likeness (QED) is 0.896. The summed E-state index contributed by atoms with van der Waals surface area (Å²) in [4.78, 5) is 0. The molecule has 0 saturated heterocycles. The molecule has 0 radical (unpaired) electrons. The Morgan fingerprint density at radius 2 is 1.72 bits per heavy atom. The van der Waals surface area contributed by atoms with Gasteiger partial charge >= 0.3 is 0 Å². The van der Waals surface area contributed by atoms with Gasteiger partial charge in [-0.3, -0.25) is 0 Å². The molecular weight excluding hydrogens is 255 g/mol. The summed E-state index contributed by atoms with van der Waals surface area (Å²) < 4.78 is 18.7. The van der Waals surface area contributed by atoms with Crippen LogP contribution in [0.4, 0.5) is 4.39 Å². The van der Waals surface area contributed by atoms with Crippen molar-refractivity contribution in [2.24, 2.45) is 0 Å². The third-order valence-corrected chi connectivity index (χ3v) is 2.80. The van der Waals surface area contributed by atoms with Gasteiger partial charge in [-0.1, -0.05) is 23.7 Å². The molecule has 4 heteroatoms. The smallest absolute Gasteiger partial charge is 0.145 e. The number of aliphatic hydroxyl groups is 1. The van der Waals surface area contributed by atoms with Crippen LogP contribution in [-0.2, 0) is 0 Å². The van der Waals surface area contributed by atoms with Crippen LogP contribution in [0.5, 0.6) is 11.5 Å². The van der Waals surface area contributed by atoms with Crippen molar-refractivity contribution in [1.29, 1.82) is 0 Å². The molecule has 2 aromatic rings. The van der Waals surface area contributed by atoms with Crippen molar-refractivity contribution >= 4 is 11.6 Å². The van der Waals surface area contributed by atoms with E-state index in [0.29, 0.717) is 11.5 Å². The first kappa shape index (κ1) is 12.9. The summed E-state index contributed by atoms with van der Waals surface area (Å²) in [5.74, 6) is 0.428. The highest BCUT2D eigenvalue weighted by molar-refractivity contribution is 6.30. The number of halogens is 2. The van der Waals surface area contributed by atoms with Crippen LogP contribution < -0.4 is 4.74 Å². The largest absolute Gasteiger partial charge is 0.457 e. The van der Waals surface area contributed by atoms with Crippen molar-refractivity contribution in [3.05, 3.63) is 58.9 Å². The Morgan fingerprint density at radius 1 is 1.11 bits per heavy atom. The number of rotatable bonds is 3. The standard InChI is InChI=1S/C14H12ClFO2/c1-9(17)10-2-4-11(5-3-10)18-12-6-7-13(15)14(16)8-12/h2-9,17H,1H3. The lowest BCUT2D eigenvalue weighted by molar-refractivity contribution is 0.199. The molecular formula is C14H12ClFO2. The maximum absolute atomic E-state index is 13.2. The normalized spacial score (nSPS) is 12.2. The van der Waals surface area contributed by atoms with Gasteiger partial charge < -0.3 is 9.84 Å². The van der Waals surface area contributed by atoms with Gasteiger partial charge in [0, 0.05) is 6.07 Å². The van der Waals surface area contributed by atoms with E-state index in [4.69, 9.17) is 16.3 Å². The molecule has 0 heterocycles. The Bertz CT molecular complexity index is 538. The van der Waals surface area contributed by atoms with Crippen LogP contribution >= 0.6 is 11.6 Å². The van der Waals surface area contributed by atoms with E-state index in [2.05, 4.69) is 0 Å². The maximum Gasteiger partial charge on any atom is 0.145 e. The van der Waals surface area contributed by atoms with Crippen molar-refractivity contribution < 1.29 is 14.2 Å². The van der Waals surface area contributed by atoms with E-state index in [9.17, 15) is 9.50 Å². The summed E-state index contributed by atoms with van der Waals surface area (Å²) in [6, 6.07) is 11.2. The number of hydrogen-bond donors (Lipinski definition) is 1. The van der Waals surface area contributed by atoms with Gasteiger partial charge in [0.05, 0.1) is 11.1 Å². The highest BCUT2D eigenvalue weighted by Crippen LogP contribution is 2.26. The molecule has 0 amide bonds. The minimum atomic E-state index is -0.521.